The largest absolute Gasteiger partial charge is 4.00 e. The fourth-order valence-corrected chi connectivity index (χ4v) is 5.51. The molecule has 1 saturated heterocycles. The van der Waals surface area contributed by atoms with Crippen molar-refractivity contribution >= 4 is 21.7 Å². The van der Waals surface area contributed by atoms with E-state index in [9.17, 15) is 26.4 Å². The van der Waals surface area contributed by atoms with Crippen LogP contribution in [0, 0.1) is 81.4 Å². The summed E-state index contributed by atoms with van der Waals surface area (Å²) in [5.74, 6) is -0.0623. The summed E-state index contributed by atoms with van der Waals surface area (Å²) in [6, 6.07) is 12.6. The third kappa shape index (κ3) is 9.16. The second-order valence-corrected chi connectivity index (χ2v) is 12.9. The number of carbonyl (C=O) groups excluding carboxylic acids is 1. The Bertz CT molecular complexity index is 1500. The normalized spacial score (nSPS) is 16.0. The Labute approximate surface area is 293 Å². The van der Waals surface area contributed by atoms with Crippen molar-refractivity contribution in [3.05, 3.63) is 82.6 Å². The summed E-state index contributed by atoms with van der Waals surface area (Å²) in [4.78, 5) is 19.9. The average molecular weight is 764 g/mol. The maximum Gasteiger partial charge on any atom is 4.00 e. The minimum absolute atomic E-state index is 0. The van der Waals surface area contributed by atoms with Crippen molar-refractivity contribution in [2.75, 3.05) is 18.1 Å². The van der Waals surface area contributed by atoms with Gasteiger partial charge in [-0.15, -0.1) is 5.10 Å². The summed E-state index contributed by atoms with van der Waals surface area (Å²) in [6.07, 6.45) is -2.15. The van der Waals surface area contributed by atoms with Gasteiger partial charge in [-0.25, -0.2) is 22.8 Å². The number of amides is 1. The number of pyridine rings is 1. The van der Waals surface area contributed by atoms with Crippen LogP contribution in [-0.2, 0) is 10.0 Å². The van der Waals surface area contributed by atoms with Crippen LogP contribution in [0.5, 0.6) is 5.88 Å². The SMILES string of the molecule is C[C@@H]1CN(c2nc(-n3ccc(OCC(C)(C)C(F)(F)F)n3)ccc2C(=O)NS(=O)(=O)c2cc[c-]cc2)C(C)(C)C1.[CH3-].[CH3-].[CH3-].[Ce+4]. The van der Waals surface area contributed by atoms with E-state index in [1.807, 2.05) is 18.7 Å². The number of benzene rings is 1. The fourth-order valence-electron chi connectivity index (χ4n) is 4.54. The van der Waals surface area contributed by atoms with E-state index in [1.54, 1.807) is 0 Å². The number of nitrogens with one attached hydrogen (secondary N) is 1. The standard InChI is InChI=1S/C27H31F3N5O4S.3CH3.Ce/c1-18-15-26(4,5)34(16-18)23-20(24(36)33-40(37,38)19-9-7-6-8-10-19)11-12-21(31-23)35-14-13-22(32-35)39-17-25(2,3)27(28,29)30;;;;/h7-14,18H,15-17H2,1-5H3,(H,33,36);3*1H3;/q4*-1;+4/t18-;;;;/m0..../s1. The van der Waals surface area contributed by atoms with Gasteiger partial charge in [-0.1, -0.05) is 6.92 Å². The molecule has 240 valence electrons. The van der Waals surface area contributed by atoms with Gasteiger partial charge in [-0.3, -0.25) is 4.79 Å². The summed E-state index contributed by atoms with van der Waals surface area (Å²) in [5.41, 5.74) is -2.42. The molecule has 0 saturated carbocycles. The van der Waals surface area contributed by atoms with Crippen LogP contribution in [0.3, 0.4) is 0 Å². The Morgan fingerprint density at radius 2 is 1.73 bits per heavy atom. The van der Waals surface area contributed by atoms with Crippen molar-refractivity contribution in [3.8, 4) is 11.7 Å². The molecule has 1 fully saturated rings. The van der Waals surface area contributed by atoms with Crippen LogP contribution in [0.25, 0.3) is 5.82 Å². The topological polar surface area (TPSA) is 106 Å². The van der Waals surface area contributed by atoms with Crippen molar-refractivity contribution in [2.24, 2.45) is 11.3 Å². The molecular weight excluding hydrogens is 724 g/mol. The molecule has 0 unspecified atom stereocenters. The number of carbonyl (C=O) groups is 1. The van der Waals surface area contributed by atoms with Crippen LogP contribution in [0.15, 0.2) is 53.6 Å². The van der Waals surface area contributed by atoms with Gasteiger partial charge in [0.15, 0.2) is 5.82 Å². The van der Waals surface area contributed by atoms with E-state index in [1.165, 1.54) is 53.3 Å². The maximum absolute atomic E-state index is 13.3. The summed E-state index contributed by atoms with van der Waals surface area (Å²) in [5, 5.41) is 4.20. The number of halogens is 3. The quantitative estimate of drug-likeness (QED) is 0.276. The van der Waals surface area contributed by atoms with Gasteiger partial charge in [-0.2, -0.15) is 43.5 Å². The summed E-state index contributed by atoms with van der Waals surface area (Å²) in [6.45, 7) is 8.11. The minimum Gasteiger partial charge on any atom is -0.476 e. The first-order chi connectivity index (χ1) is 18.5. The van der Waals surface area contributed by atoms with E-state index in [-0.39, 0.29) is 97.9 Å². The van der Waals surface area contributed by atoms with Gasteiger partial charge in [-0.05, 0) is 57.1 Å². The molecule has 4 rings (SSSR count). The van der Waals surface area contributed by atoms with Crippen molar-refractivity contribution in [1.29, 1.82) is 0 Å². The summed E-state index contributed by atoms with van der Waals surface area (Å²) >= 11 is 0. The molecule has 44 heavy (non-hydrogen) atoms. The van der Waals surface area contributed by atoms with Gasteiger partial charge in [0.05, 0.1) is 11.0 Å². The van der Waals surface area contributed by atoms with Crippen LogP contribution in [-0.4, -0.2) is 54.0 Å². The molecule has 9 nitrogen and oxygen atoms in total. The first-order valence-corrected chi connectivity index (χ1v) is 14.1. The number of hydrogen-bond acceptors (Lipinski definition) is 7. The number of alkyl halides is 3. The van der Waals surface area contributed by atoms with Crippen molar-refractivity contribution in [3.63, 3.8) is 0 Å². The van der Waals surface area contributed by atoms with E-state index < -0.39 is 39.7 Å². The Kier molecular flexibility index (Phi) is 14.6. The number of ether oxygens (including phenoxy) is 1. The molecule has 2 aromatic heterocycles. The monoisotopic (exact) mass is 763 g/mol. The van der Waals surface area contributed by atoms with Gasteiger partial charge < -0.3 is 31.9 Å². The molecule has 0 spiro atoms. The zero-order chi connectivity index (χ0) is 29.5. The average Bonchev–Trinajstić information content (AvgIpc) is 3.45. The van der Waals surface area contributed by atoms with E-state index in [0.29, 0.717) is 6.54 Å². The number of rotatable bonds is 8. The number of aromatic nitrogens is 3. The number of sulfonamides is 1. The molecule has 1 N–H and O–H groups in total. The molecule has 3 heterocycles. The van der Waals surface area contributed by atoms with Crippen LogP contribution >= 0.6 is 0 Å². The molecule has 1 amide bonds. The predicted molar refractivity (Wildman–Crippen MR) is 161 cm³/mol. The molecule has 3 aromatic rings. The second kappa shape index (κ2) is 15.4. The van der Waals surface area contributed by atoms with Crippen molar-refractivity contribution in [2.45, 2.75) is 57.7 Å². The first kappa shape index (κ1) is 41.8. The van der Waals surface area contributed by atoms with Gasteiger partial charge in [0.1, 0.15) is 12.4 Å². The molecule has 14 heteroatoms. The molecule has 1 aliphatic heterocycles. The molecule has 1 atom stereocenters. The first-order valence-electron chi connectivity index (χ1n) is 12.6. The van der Waals surface area contributed by atoms with Crippen LogP contribution in [0.4, 0.5) is 19.0 Å². The summed E-state index contributed by atoms with van der Waals surface area (Å²) < 4.78 is 74.0. The minimum atomic E-state index is -4.45. The Morgan fingerprint density at radius 3 is 2.27 bits per heavy atom. The zero-order valence-corrected chi connectivity index (χ0v) is 30.2. The molecule has 1 aromatic carbocycles. The van der Waals surface area contributed by atoms with Gasteiger partial charge in [0, 0.05) is 24.3 Å². The van der Waals surface area contributed by atoms with Crippen LogP contribution in [0.2, 0.25) is 0 Å². The zero-order valence-electron chi connectivity index (χ0n) is 26.3. The third-order valence-corrected chi connectivity index (χ3v) is 8.15. The number of nitrogens with zero attached hydrogens (tertiary/aromatic N) is 4. The van der Waals surface area contributed by atoms with Gasteiger partial charge in [0.2, 0.25) is 15.9 Å². The fraction of sp³-hybridized carbons (Fsp3) is 0.400. The Morgan fingerprint density at radius 1 is 1.11 bits per heavy atom. The van der Waals surface area contributed by atoms with E-state index in [0.717, 1.165) is 20.3 Å². The van der Waals surface area contributed by atoms with Crippen LogP contribution < -0.4 is 14.4 Å². The van der Waals surface area contributed by atoms with E-state index in [4.69, 9.17) is 4.74 Å². The Hall–Kier alpha value is -2.23. The van der Waals surface area contributed by atoms with E-state index in [2.05, 4.69) is 27.8 Å². The predicted octanol–water partition coefficient (Wildman–Crippen LogP) is 6.13. The second-order valence-electron chi connectivity index (χ2n) is 11.2. The van der Waals surface area contributed by atoms with Gasteiger partial charge in [0.25, 0.3) is 5.91 Å². The molecule has 0 radical (unpaired) electrons. The molecular formula is C30H40CeF3N5O4S. The molecule has 0 bridgehead atoms. The van der Waals surface area contributed by atoms with Crippen LogP contribution in [0.1, 0.15) is 51.4 Å². The maximum atomic E-state index is 13.3. The smallest absolute Gasteiger partial charge is 0.476 e. The van der Waals surface area contributed by atoms with Crippen molar-refractivity contribution < 1.29 is 72.9 Å². The number of hydrogen-bond donors (Lipinski definition) is 1. The number of anilines is 1. The van der Waals surface area contributed by atoms with E-state index >= 15 is 0 Å². The Balaban J connectivity index is 0.00000462. The molecule has 0 aliphatic carbocycles. The third-order valence-electron chi connectivity index (χ3n) is 6.81. The summed E-state index contributed by atoms with van der Waals surface area (Å²) in [7, 11) is -4.16. The van der Waals surface area contributed by atoms with Crippen molar-refractivity contribution in [1.82, 2.24) is 19.5 Å². The molecule has 1 aliphatic rings. The van der Waals surface area contributed by atoms with Gasteiger partial charge >= 0.3 is 47.9 Å².